The van der Waals surface area contributed by atoms with Crippen molar-refractivity contribution < 1.29 is 22.7 Å². The Labute approximate surface area is 110 Å². The molecule has 2 nitrogen and oxygen atoms in total. The van der Waals surface area contributed by atoms with Crippen molar-refractivity contribution in [2.75, 3.05) is 6.61 Å². The van der Waals surface area contributed by atoms with E-state index in [2.05, 4.69) is 0 Å². The van der Waals surface area contributed by atoms with Crippen LogP contribution in [-0.4, -0.2) is 24.7 Å². The predicted molar refractivity (Wildman–Crippen MR) is 66.3 cm³/mol. The Kier molecular flexibility index (Phi) is 5.11. The van der Waals surface area contributed by atoms with Gasteiger partial charge >= 0.3 is 6.18 Å². The third-order valence-electron chi connectivity index (χ3n) is 2.91. The van der Waals surface area contributed by atoms with Crippen molar-refractivity contribution in [1.29, 1.82) is 0 Å². The molecule has 0 aliphatic rings. The molecule has 0 amide bonds. The SMILES string of the molecule is Cc1ccc(C(=O)C(C)OCCC(F)(F)F)cc1C. The molecule has 19 heavy (non-hydrogen) atoms. The van der Waals surface area contributed by atoms with Gasteiger partial charge in [-0.3, -0.25) is 4.79 Å². The van der Waals surface area contributed by atoms with E-state index < -0.39 is 25.3 Å². The molecule has 0 spiro atoms. The van der Waals surface area contributed by atoms with Crippen LogP contribution in [-0.2, 0) is 4.74 Å². The Morgan fingerprint density at radius 3 is 2.42 bits per heavy atom. The van der Waals surface area contributed by atoms with Crippen molar-refractivity contribution in [3.8, 4) is 0 Å². The van der Waals surface area contributed by atoms with Gasteiger partial charge in [0.25, 0.3) is 0 Å². The fraction of sp³-hybridized carbons (Fsp3) is 0.500. The minimum absolute atomic E-state index is 0.301. The zero-order valence-electron chi connectivity index (χ0n) is 11.2. The van der Waals surface area contributed by atoms with Gasteiger partial charge in [-0.15, -0.1) is 0 Å². The molecule has 0 bridgehead atoms. The first-order valence-corrected chi connectivity index (χ1v) is 6.00. The molecule has 0 fully saturated rings. The van der Waals surface area contributed by atoms with E-state index in [1.807, 2.05) is 19.9 Å². The number of carbonyl (C=O) groups excluding carboxylic acids is 1. The fourth-order valence-electron chi connectivity index (χ4n) is 1.56. The summed E-state index contributed by atoms with van der Waals surface area (Å²) in [7, 11) is 0. The van der Waals surface area contributed by atoms with Gasteiger partial charge in [0.05, 0.1) is 13.0 Å². The molecule has 106 valence electrons. The number of halogens is 3. The summed E-state index contributed by atoms with van der Waals surface area (Å²) in [6.45, 7) is 4.77. The number of hydrogen-bond donors (Lipinski definition) is 0. The maximum Gasteiger partial charge on any atom is 0.391 e. The lowest BCUT2D eigenvalue weighted by Gasteiger charge is -2.14. The van der Waals surface area contributed by atoms with Gasteiger partial charge in [-0.1, -0.05) is 12.1 Å². The van der Waals surface area contributed by atoms with Crippen LogP contribution in [0.4, 0.5) is 13.2 Å². The highest BCUT2D eigenvalue weighted by atomic mass is 19.4. The number of rotatable bonds is 5. The lowest BCUT2D eigenvalue weighted by Crippen LogP contribution is -2.23. The molecule has 5 heteroatoms. The van der Waals surface area contributed by atoms with Gasteiger partial charge in [0.15, 0.2) is 5.78 Å². The first-order chi connectivity index (χ1) is 8.70. The number of hydrogen-bond acceptors (Lipinski definition) is 2. The number of aryl methyl sites for hydroxylation is 2. The maximum absolute atomic E-state index is 12.0. The quantitative estimate of drug-likeness (QED) is 0.762. The van der Waals surface area contributed by atoms with E-state index in [9.17, 15) is 18.0 Å². The molecular formula is C14H17F3O2. The minimum Gasteiger partial charge on any atom is -0.370 e. The number of ketones is 1. The minimum atomic E-state index is -4.26. The Morgan fingerprint density at radius 2 is 1.89 bits per heavy atom. The van der Waals surface area contributed by atoms with Crippen LogP contribution in [0.2, 0.25) is 0 Å². The van der Waals surface area contributed by atoms with E-state index in [1.165, 1.54) is 6.92 Å². The lowest BCUT2D eigenvalue weighted by atomic mass is 10.0. The first kappa shape index (κ1) is 15.7. The van der Waals surface area contributed by atoms with Gasteiger partial charge in [-0.05, 0) is 38.0 Å². The summed E-state index contributed by atoms with van der Waals surface area (Å²) in [4.78, 5) is 12.0. The molecule has 0 heterocycles. The highest BCUT2D eigenvalue weighted by Crippen LogP contribution is 2.20. The van der Waals surface area contributed by atoms with Crippen LogP contribution in [0.1, 0.15) is 34.8 Å². The van der Waals surface area contributed by atoms with E-state index in [0.29, 0.717) is 5.56 Å². The topological polar surface area (TPSA) is 26.3 Å². The summed E-state index contributed by atoms with van der Waals surface area (Å²) in [5, 5.41) is 0. The average Bonchev–Trinajstić information content (AvgIpc) is 2.30. The highest BCUT2D eigenvalue weighted by molar-refractivity contribution is 5.99. The van der Waals surface area contributed by atoms with Gasteiger partial charge in [-0.2, -0.15) is 13.2 Å². The largest absolute Gasteiger partial charge is 0.391 e. The summed E-state index contributed by atoms with van der Waals surface area (Å²) < 4.78 is 40.8. The summed E-state index contributed by atoms with van der Waals surface area (Å²) in [6.07, 6.45) is -6.18. The monoisotopic (exact) mass is 274 g/mol. The Hall–Kier alpha value is -1.36. The normalized spacial score (nSPS) is 13.4. The van der Waals surface area contributed by atoms with E-state index in [4.69, 9.17) is 4.74 Å². The molecule has 0 aliphatic heterocycles. The fourth-order valence-corrected chi connectivity index (χ4v) is 1.56. The molecule has 0 radical (unpaired) electrons. The first-order valence-electron chi connectivity index (χ1n) is 6.00. The van der Waals surface area contributed by atoms with Crippen LogP contribution >= 0.6 is 0 Å². The number of carbonyl (C=O) groups is 1. The second kappa shape index (κ2) is 6.19. The number of benzene rings is 1. The van der Waals surface area contributed by atoms with Gasteiger partial charge < -0.3 is 4.74 Å². The van der Waals surface area contributed by atoms with Crippen molar-refractivity contribution in [2.45, 2.75) is 39.5 Å². The van der Waals surface area contributed by atoms with E-state index in [0.717, 1.165) is 11.1 Å². The smallest absolute Gasteiger partial charge is 0.370 e. The van der Waals surface area contributed by atoms with Gasteiger partial charge in [0.2, 0.25) is 0 Å². The molecule has 0 saturated heterocycles. The zero-order chi connectivity index (χ0) is 14.6. The molecule has 0 saturated carbocycles. The zero-order valence-corrected chi connectivity index (χ0v) is 11.2. The second-order valence-electron chi connectivity index (χ2n) is 4.54. The number of ether oxygens (including phenoxy) is 1. The maximum atomic E-state index is 12.0. The molecule has 1 unspecified atom stereocenters. The molecule has 0 aliphatic carbocycles. The van der Waals surface area contributed by atoms with Crippen LogP contribution in [0.15, 0.2) is 18.2 Å². The van der Waals surface area contributed by atoms with Crippen molar-refractivity contribution in [3.63, 3.8) is 0 Å². The van der Waals surface area contributed by atoms with E-state index >= 15 is 0 Å². The Balaban J connectivity index is 2.59. The number of Topliss-reactive ketones (excluding diaryl/α,β-unsaturated/α-hetero) is 1. The van der Waals surface area contributed by atoms with Crippen molar-refractivity contribution in [3.05, 3.63) is 34.9 Å². The van der Waals surface area contributed by atoms with Crippen LogP contribution < -0.4 is 0 Å². The second-order valence-corrected chi connectivity index (χ2v) is 4.54. The van der Waals surface area contributed by atoms with Crippen molar-refractivity contribution in [2.24, 2.45) is 0 Å². The van der Waals surface area contributed by atoms with Gasteiger partial charge in [0, 0.05) is 5.56 Å². The van der Waals surface area contributed by atoms with Crippen molar-refractivity contribution in [1.82, 2.24) is 0 Å². The van der Waals surface area contributed by atoms with Crippen LogP contribution in [0.25, 0.3) is 0 Å². The third kappa shape index (κ3) is 5.03. The van der Waals surface area contributed by atoms with Crippen LogP contribution in [0, 0.1) is 13.8 Å². The Morgan fingerprint density at radius 1 is 1.26 bits per heavy atom. The summed E-state index contributed by atoms with van der Waals surface area (Å²) in [5.74, 6) is -0.301. The van der Waals surface area contributed by atoms with Crippen molar-refractivity contribution >= 4 is 5.78 Å². The molecular weight excluding hydrogens is 257 g/mol. The van der Waals surface area contributed by atoms with Gasteiger partial charge in [-0.25, -0.2) is 0 Å². The summed E-state index contributed by atoms with van der Waals surface area (Å²) >= 11 is 0. The van der Waals surface area contributed by atoms with Gasteiger partial charge in [0.1, 0.15) is 6.10 Å². The highest BCUT2D eigenvalue weighted by Gasteiger charge is 2.27. The molecule has 1 aromatic carbocycles. The Bertz CT molecular complexity index is 452. The molecule has 1 rings (SSSR count). The summed E-state index contributed by atoms with van der Waals surface area (Å²) in [6, 6.07) is 5.20. The molecule has 1 aromatic rings. The van der Waals surface area contributed by atoms with E-state index in [1.54, 1.807) is 12.1 Å². The average molecular weight is 274 g/mol. The standard InChI is InChI=1S/C14H17F3O2/c1-9-4-5-12(8-10(9)2)13(18)11(3)19-7-6-14(15,16)17/h4-5,8,11H,6-7H2,1-3H3. The van der Waals surface area contributed by atoms with E-state index in [-0.39, 0.29) is 5.78 Å². The van der Waals surface area contributed by atoms with Crippen LogP contribution in [0.3, 0.4) is 0 Å². The molecule has 0 aromatic heterocycles. The third-order valence-corrected chi connectivity index (χ3v) is 2.91. The number of alkyl halides is 3. The molecule has 1 atom stereocenters. The predicted octanol–water partition coefficient (Wildman–Crippen LogP) is 3.84. The summed E-state index contributed by atoms with van der Waals surface area (Å²) in [5.41, 5.74) is 2.48. The van der Waals surface area contributed by atoms with Crippen LogP contribution in [0.5, 0.6) is 0 Å². The lowest BCUT2D eigenvalue weighted by molar-refractivity contribution is -0.146. The molecule has 0 N–H and O–H groups in total.